The van der Waals surface area contributed by atoms with Crippen LogP contribution in [-0.4, -0.2) is 63.9 Å². The number of rotatable bonds is 12. The van der Waals surface area contributed by atoms with Crippen LogP contribution in [0, 0.1) is 13.8 Å². The number of benzene rings is 2. The number of ether oxygens (including phenoxy) is 1. The fraction of sp³-hybridized carbons (Fsp3) is 0.438. The normalized spacial score (nSPS) is 14.1. The minimum Gasteiger partial charge on any atom is -0.506 e. The van der Waals surface area contributed by atoms with Gasteiger partial charge in [-0.2, -0.15) is 0 Å². The number of aromatic nitrogens is 3. The molecular formula is C32H42N6O2. The minimum absolute atomic E-state index is 0.200. The van der Waals surface area contributed by atoms with E-state index >= 15 is 0 Å². The lowest BCUT2D eigenvalue weighted by atomic mass is 10.0. The molecule has 0 unspecified atom stereocenters. The molecule has 0 atom stereocenters. The lowest BCUT2D eigenvalue weighted by molar-refractivity contribution is 0.0378. The highest BCUT2D eigenvalue weighted by Gasteiger charge is 2.16. The molecule has 2 aromatic heterocycles. The molecule has 1 aliphatic rings. The molecule has 0 aliphatic carbocycles. The van der Waals surface area contributed by atoms with Crippen molar-refractivity contribution in [3.8, 4) is 5.75 Å². The third-order valence-electron chi connectivity index (χ3n) is 7.52. The summed E-state index contributed by atoms with van der Waals surface area (Å²) in [6.07, 6.45) is 3.19. The zero-order valence-corrected chi connectivity index (χ0v) is 24.0. The smallest absolute Gasteiger partial charge is 0.204 e. The number of nitrogens with zero attached hydrogens (tertiary/aromatic N) is 4. The minimum atomic E-state index is 0.200. The Hall–Kier alpha value is -3.62. The molecule has 2 aromatic carbocycles. The van der Waals surface area contributed by atoms with Gasteiger partial charge in [0, 0.05) is 37.6 Å². The molecule has 1 saturated heterocycles. The van der Waals surface area contributed by atoms with E-state index in [0.717, 1.165) is 87.9 Å². The number of nitrogens with one attached hydrogen (secondary N) is 2. The molecular weight excluding hydrogens is 500 g/mol. The highest BCUT2D eigenvalue weighted by Crippen LogP contribution is 2.26. The highest BCUT2D eigenvalue weighted by atomic mass is 16.5. The Labute approximate surface area is 237 Å². The van der Waals surface area contributed by atoms with Gasteiger partial charge < -0.3 is 25.0 Å². The predicted octanol–water partition coefficient (Wildman–Crippen LogP) is 5.50. The Morgan fingerprint density at radius 1 is 0.975 bits per heavy atom. The first-order valence-corrected chi connectivity index (χ1v) is 14.5. The summed E-state index contributed by atoms with van der Waals surface area (Å²) >= 11 is 0. The molecule has 212 valence electrons. The molecule has 3 heterocycles. The maximum Gasteiger partial charge on any atom is 0.204 e. The van der Waals surface area contributed by atoms with Gasteiger partial charge in [-0.05, 0) is 80.3 Å². The van der Waals surface area contributed by atoms with Gasteiger partial charge in [-0.1, -0.05) is 31.5 Å². The molecule has 0 bridgehead atoms. The Balaban J connectivity index is 1.37. The summed E-state index contributed by atoms with van der Waals surface area (Å²) in [5.41, 5.74) is 8.45. The largest absolute Gasteiger partial charge is 0.506 e. The first kappa shape index (κ1) is 27.9. The molecule has 0 spiro atoms. The van der Waals surface area contributed by atoms with Gasteiger partial charge >= 0.3 is 0 Å². The summed E-state index contributed by atoms with van der Waals surface area (Å²) in [6.45, 7) is 12.9. The van der Waals surface area contributed by atoms with Crippen LogP contribution in [0.3, 0.4) is 0 Å². The Morgan fingerprint density at radius 2 is 1.82 bits per heavy atom. The van der Waals surface area contributed by atoms with E-state index in [1.165, 1.54) is 22.4 Å². The molecule has 3 N–H and O–H groups in total. The van der Waals surface area contributed by atoms with Gasteiger partial charge in [-0.3, -0.25) is 9.88 Å². The van der Waals surface area contributed by atoms with Crippen LogP contribution >= 0.6 is 0 Å². The van der Waals surface area contributed by atoms with Gasteiger partial charge in [-0.15, -0.1) is 0 Å². The first-order chi connectivity index (χ1) is 19.5. The van der Waals surface area contributed by atoms with Crippen LogP contribution in [0.25, 0.3) is 11.0 Å². The second-order valence-corrected chi connectivity index (χ2v) is 10.8. The van der Waals surface area contributed by atoms with E-state index in [1.54, 1.807) is 6.07 Å². The van der Waals surface area contributed by atoms with Crippen molar-refractivity contribution in [2.45, 2.75) is 53.1 Å². The fourth-order valence-electron chi connectivity index (χ4n) is 5.31. The van der Waals surface area contributed by atoms with Crippen LogP contribution < -0.4 is 10.6 Å². The van der Waals surface area contributed by atoms with E-state index in [2.05, 4.69) is 75.3 Å². The van der Waals surface area contributed by atoms with Gasteiger partial charge in [0.15, 0.2) is 0 Å². The third-order valence-corrected chi connectivity index (χ3v) is 7.52. The van der Waals surface area contributed by atoms with Crippen LogP contribution in [0.4, 0.5) is 11.6 Å². The summed E-state index contributed by atoms with van der Waals surface area (Å²) in [5, 5.41) is 17.8. The van der Waals surface area contributed by atoms with Crippen molar-refractivity contribution >= 4 is 22.7 Å². The Morgan fingerprint density at radius 3 is 2.65 bits per heavy atom. The summed E-state index contributed by atoms with van der Waals surface area (Å²) in [6, 6.07) is 16.6. The van der Waals surface area contributed by atoms with Crippen LogP contribution in [0.1, 0.15) is 47.8 Å². The SMILES string of the molecule is CCCc1ccc(C)cc1NCc1ccc2nc(NCCCN3CCOCC3)n(Cc3nc(C)ccc3O)c2c1. The molecule has 5 rings (SSSR count). The lowest BCUT2D eigenvalue weighted by Crippen LogP contribution is -2.37. The van der Waals surface area contributed by atoms with Crippen molar-refractivity contribution in [3.63, 3.8) is 0 Å². The van der Waals surface area contributed by atoms with Crippen molar-refractivity contribution in [3.05, 3.63) is 76.6 Å². The number of fused-ring (bicyclic) bond motifs is 1. The van der Waals surface area contributed by atoms with Crippen molar-refractivity contribution in [2.75, 3.05) is 50.0 Å². The van der Waals surface area contributed by atoms with Crippen LogP contribution in [0.2, 0.25) is 0 Å². The standard InChI is InChI=1S/C32H42N6O2/c1-4-6-26-10-7-23(2)19-28(26)34-21-25-9-11-27-30(20-25)38(22-29-31(39)12-8-24(3)35-29)32(36-27)33-13-5-14-37-15-17-40-18-16-37/h7-12,19-20,34,39H,4-6,13-18,21-22H2,1-3H3,(H,33,36). The van der Waals surface area contributed by atoms with Crippen LogP contribution in [0.15, 0.2) is 48.5 Å². The molecule has 40 heavy (non-hydrogen) atoms. The summed E-state index contributed by atoms with van der Waals surface area (Å²) in [5.74, 6) is 1.00. The molecule has 1 aliphatic heterocycles. The molecule has 8 heteroatoms. The third kappa shape index (κ3) is 6.92. The van der Waals surface area contributed by atoms with Crippen LogP contribution in [-0.2, 0) is 24.2 Å². The zero-order valence-electron chi connectivity index (χ0n) is 24.0. The second-order valence-electron chi connectivity index (χ2n) is 10.8. The highest BCUT2D eigenvalue weighted by molar-refractivity contribution is 5.80. The Bertz CT molecular complexity index is 1430. The van der Waals surface area contributed by atoms with Gasteiger partial charge in [0.2, 0.25) is 5.95 Å². The predicted molar refractivity (Wildman–Crippen MR) is 162 cm³/mol. The van der Waals surface area contributed by atoms with E-state index in [4.69, 9.17) is 9.72 Å². The number of aryl methyl sites for hydroxylation is 3. The number of hydrogen-bond acceptors (Lipinski definition) is 7. The number of pyridine rings is 1. The molecule has 0 radical (unpaired) electrons. The van der Waals surface area contributed by atoms with E-state index in [9.17, 15) is 5.11 Å². The molecule has 0 saturated carbocycles. The van der Waals surface area contributed by atoms with Crippen molar-refractivity contribution in [1.82, 2.24) is 19.4 Å². The first-order valence-electron chi connectivity index (χ1n) is 14.5. The second kappa shape index (κ2) is 13.2. The van der Waals surface area contributed by atoms with E-state index in [-0.39, 0.29) is 5.75 Å². The summed E-state index contributed by atoms with van der Waals surface area (Å²) in [7, 11) is 0. The monoisotopic (exact) mass is 542 g/mol. The van der Waals surface area contributed by atoms with E-state index in [1.807, 2.05) is 13.0 Å². The van der Waals surface area contributed by atoms with Gasteiger partial charge in [0.05, 0.1) is 30.8 Å². The maximum atomic E-state index is 10.6. The number of hydrogen-bond donors (Lipinski definition) is 3. The fourth-order valence-corrected chi connectivity index (χ4v) is 5.31. The average Bonchev–Trinajstić information content (AvgIpc) is 3.30. The van der Waals surface area contributed by atoms with Gasteiger partial charge in [0.1, 0.15) is 11.4 Å². The Kier molecular flexibility index (Phi) is 9.19. The van der Waals surface area contributed by atoms with Crippen LogP contribution in [0.5, 0.6) is 5.75 Å². The summed E-state index contributed by atoms with van der Waals surface area (Å²) in [4.78, 5) is 12.0. The van der Waals surface area contributed by atoms with E-state index in [0.29, 0.717) is 12.2 Å². The lowest BCUT2D eigenvalue weighted by Gasteiger charge is -2.26. The number of aromatic hydroxyl groups is 1. The van der Waals surface area contributed by atoms with Crippen molar-refractivity contribution in [1.29, 1.82) is 0 Å². The molecule has 8 nitrogen and oxygen atoms in total. The number of morpholine rings is 1. The van der Waals surface area contributed by atoms with Crippen molar-refractivity contribution in [2.24, 2.45) is 0 Å². The summed E-state index contributed by atoms with van der Waals surface area (Å²) < 4.78 is 7.61. The molecule has 0 amide bonds. The maximum absolute atomic E-state index is 10.6. The number of anilines is 2. The van der Waals surface area contributed by atoms with Crippen molar-refractivity contribution < 1.29 is 9.84 Å². The van der Waals surface area contributed by atoms with E-state index < -0.39 is 0 Å². The average molecular weight is 543 g/mol. The number of imidazole rings is 1. The topological polar surface area (TPSA) is 87.5 Å². The molecule has 1 fully saturated rings. The quantitative estimate of drug-likeness (QED) is 0.204. The zero-order chi connectivity index (χ0) is 27.9. The molecule has 4 aromatic rings. The van der Waals surface area contributed by atoms with Gasteiger partial charge in [0.25, 0.3) is 0 Å². The van der Waals surface area contributed by atoms with Gasteiger partial charge in [-0.25, -0.2) is 4.98 Å².